The first kappa shape index (κ1) is 12.8. The summed E-state index contributed by atoms with van der Waals surface area (Å²) in [6, 6.07) is 1.64. The van der Waals surface area contributed by atoms with Gasteiger partial charge in [-0.05, 0) is 11.6 Å². The normalized spacial score (nSPS) is 14.2. The summed E-state index contributed by atoms with van der Waals surface area (Å²) in [5.41, 5.74) is 3.99. The lowest BCUT2D eigenvalue weighted by atomic mass is 10.0. The molecule has 0 aliphatic heterocycles. The molecule has 1 aromatic rings. The van der Waals surface area contributed by atoms with Crippen LogP contribution in [0.4, 0.5) is 22.0 Å². The lowest BCUT2D eigenvalue weighted by Crippen LogP contribution is -2.20. The van der Waals surface area contributed by atoms with E-state index in [4.69, 9.17) is 5.73 Å². The van der Waals surface area contributed by atoms with Crippen molar-refractivity contribution in [2.24, 2.45) is 5.73 Å². The second-order valence-corrected chi connectivity index (χ2v) is 3.15. The maximum absolute atomic E-state index is 12.4. The number of nitrogens with zero attached hydrogens (tertiary/aromatic N) is 1. The summed E-state index contributed by atoms with van der Waals surface area (Å²) in [7, 11) is 0. The molecular formula is C9H9F5N2. The standard InChI is InChI=1S/C9H9F5N2/c10-8(11)6(3-15)5-1-2-7(16-4-5)9(12,13)14/h1-2,4,6,8H,3,15H2. The molecule has 16 heavy (non-hydrogen) atoms. The van der Waals surface area contributed by atoms with Crippen molar-refractivity contribution in [1.29, 1.82) is 0 Å². The minimum absolute atomic E-state index is 0.00509. The Morgan fingerprint density at radius 2 is 1.88 bits per heavy atom. The van der Waals surface area contributed by atoms with Crippen molar-refractivity contribution < 1.29 is 22.0 Å². The molecule has 7 heteroatoms. The van der Waals surface area contributed by atoms with Gasteiger partial charge in [-0.3, -0.25) is 4.98 Å². The summed E-state index contributed by atoms with van der Waals surface area (Å²) < 4.78 is 61.2. The van der Waals surface area contributed by atoms with Crippen LogP contribution in [-0.2, 0) is 6.18 Å². The van der Waals surface area contributed by atoms with Crippen LogP contribution in [0, 0.1) is 0 Å². The minimum atomic E-state index is -4.57. The van der Waals surface area contributed by atoms with Crippen molar-refractivity contribution in [2.75, 3.05) is 6.54 Å². The fourth-order valence-electron chi connectivity index (χ4n) is 1.18. The van der Waals surface area contributed by atoms with E-state index < -0.39 is 24.2 Å². The second-order valence-electron chi connectivity index (χ2n) is 3.15. The molecule has 1 rings (SSSR count). The summed E-state index contributed by atoms with van der Waals surface area (Å²) in [4.78, 5) is 3.09. The molecule has 1 heterocycles. The molecule has 2 nitrogen and oxygen atoms in total. The highest BCUT2D eigenvalue weighted by Gasteiger charge is 2.32. The number of alkyl halides is 5. The molecule has 90 valence electrons. The van der Waals surface area contributed by atoms with Gasteiger partial charge in [-0.15, -0.1) is 0 Å². The van der Waals surface area contributed by atoms with Gasteiger partial charge < -0.3 is 5.73 Å². The van der Waals surface area contributed by atoms with Crippen LogP contribution in [-0.4, -0.2) is 18.0 Å². The topological polar surface area (TPSA) is 38.9 Å². The van der Waals surface area contributed by atoms with Crippen LogP contribution in [0.1, 0.15) is 17.2 Å². The van der Waals surface area contributed by atoms with Crippen molar-refractivity contribution in [1.82, 2.24) is 4.98 Å². The van der Waals surface area contributed by atoms with Crippen LogP contribution in [0.3, 0.4) is 0 Å². The Morgan fingerprint density at radius 3 is 2.19 bits per heavy atom. The number of hydrogen-bond donors (Lipinski definition) is 1. The van der Waals surface area contributed by atoms with Crippen LogP contribution in [0.2, 0.25) is 0 Å². The maximum Gasteiger partial charge on any atom is 0.433 e. The van der Waals surface area contributed by atoms with Crippen molar-refractivity contribution >= 4 is 0 Å². The highest BCUT2D eigenvalue weighted by molar-refractivity contribution is 5.20. The highest BCUT2D eigenvalue weighted by Crippen LogP contribution is 2.29. The maximum atomic E-state index is 12.4. The average Bonchev–Trinajstić information content (AvgIpc) is 2.17. The van der Waals surface area contributed by atoms with E-state index in [1.807, 2.05) is 0 Å². The van der Waals surface area contributed by atoms with Crippen LogP contribution >= 0.6 is 0 Å². The summed E-state index contributed by atoms with van der Waals surface area (Å²) in [6.07, 6.45) is -6.50. The first-order valence-corrected chi connectivity index (χ1v) is 4.37. The quantitative estimate of drug-likeness (QED) is 0.824. The van der Waals surface area contributed by atoms with Crippen molar-refractivity contribution in [3.8, 4) is 0 Å². The van der Waals surface area contributed by atoms with E-state index in [1.54, 1.807) is 0 Å². The number of rotatable bonds is 3. The van der Waals surface area contributed by atoms with Crippen LogP contribution in [0.25, 0.3) is 0 Å². The first-order chi connectivity index (χ1) is 7.36. The molecule has 0 radical (unpaired) electrons. The summed E-state index contributed by atoms with van der Waals surface area (Å²) >= 11 is 0. The van der Waals surface area contributed by atoms with E-state index in [1.165, 1.54) is 0 Å². The average molecular weight is 240 g/mol. The van der Waals surface area contributed by atoms with Crippen molar-refractivity contribution in [3.63, 3.8) is 0 Å². The number of nitrogens with two attached hydrogens (primary N) is 1. The van der Waals surface area contributed by atoms with E-state index in [0.717, 1.165) is 12.3 Å². The Morgan fingerprint density at radius 1 is 1.25 bits per heavy atom. The van der Waals surface area contributed by atoms with Crippen molar-refractivity contribution in [3.05, 3.63) is 29.6 Å². The molecule has 1 atom stereocenters. The second kappa shape index (κ2) is 4.73. The van der Waals surface area contributed by atoms with Gasteiger partial charge in [0.1, 0.15) is 5.69 Å². The zero-order chi connectivity index (χ0) is 12.3. The highest BCUT2D eigenvalue weighted by atomic mass is 19.4. The largest absolute Gasteiger partial charge is 0.433 e. The fraction of sp³-hybridized carbons (Fsp3) is 0.444. The summed E-state index contributed by atoms with van der Waals surface area (Å²) in [5, 5.41) is 0. The molecule has 1 aromatic heterocycles. The van der Waals surface area contributed by atoms with E-state index in [2.05, 4.69) is 4.98 Å². The van der Waals surface area contributed by atoms with Gasteiger partial charge in [0.05, 0.1) is 5.92 Å². The number of halogens is 5. The molecule has 0 spiro atoms. The van der Waals surface area contributed by atoms with Gasteiger partial charge in [0.25, 0.3) is 0 Å². The molecule has 2 N–H and O–H groups in total. The third kappa shape index (κ3) is 2.88. The van der Waals surface area contributed by atoms with E-state index >= 15 is 0 Å². The van der Waals surface area contributed by atoms with Gasteiger partial charge in [-0.25, -0.2) is 8.78 Å². The Bertz CT molecular complexity index is 333. The molecule has 0 bridgehead atoms. The molecule has 0 aliphatic carbocycles. The molecule has 0 amide bonds. The van der Waals surface area contributed by atoms with Crippen LogP contribution in [0.15, 0.2) is 18.3 Å². The molecule has 0 saturated heterocycles. The van der Waals surface area contributed by atoms with Crippen LogP contribution in [0.5, 0.6) is 0 Å². The Balaban J connectivity index is 2.94. The third-order valence-corrected chi connectivity index (χ3v) is 2.06. The lowest BCUT2D eigenvalue weighted by Gasteiger charge is -2.14. The fourth-order valence-corrected chi connectivity index (χ4v) is 1.18. The van der Waals surface area contributed by atoms with Crippen LogP contribution < -0.4 is 5.73 Å². The SMILES string of the molecule is NCC(c1ccc(C(F)(F)F)nc1)C(F)F. The monoisotopic (exact) mass is 240 g/mol. The molecule has 0 saturated carbocycles. The zero-order valence-electron chi connectivity index (χ0n) is 8.01. The number of pyridine rings is 1. The smallest absolute Gasteiger partial charge is 0.330 e. The van der Waals surface area contributed by atoms with Gasteiger partial charge in [0.2, 0.25) is 6.43 Å². The number of hydrogen-bond acceptors (Lipinski definition) is 2. The van der Waals surface area contributed by atoms with Gasteiger partial charge in [0, 0.05) is 12.7 Å². The minimum Gasteiger partial charge on any atom is -0.330 e. The van der Waals surface area contributed by atoms with Gasteiger partial charge in [-0.1, -0.05) is 6.07 Å². The Hall–Kier alpha value is -1.24. The van der Waals surface area contributed by atoms with E-state index in [-0.39, 0.29) is 12.1 Å². The molecule has 0 aliphatic rings. The van der Waals surface area contributed by atoms with Gasteiger partial charge >= 0.3 is 6.18 Å². The van der Waals surface area contributed by atoms with E-state index in [0.29, 0.717) is 6.07 Å². The zero-order valence-corrected chi connectivity index (χ0v) is 8.01. The molecule has 0 fully saturated rings. The Kier molecular flexibility index (Phi) is 3.79. The lowest BCUT2D eigenvalue weighted by molar-refractivity contribution is -0.141. The molecule has 0 aromatic carbocycles. The molecule has 1 unspecified atom stereocenters. The summed E-state index contributed by atoms with van der Waals surface area (Å²) in [5.74, 6) is -1.28. The third-order valence-electron chi connectivity index (χ3n) is 2.06. The Labute approximate surface area is 88.3 Å². The number of aromatic nitrogens is 1. The van der Waals surface area contributed by atoms with E-state index in [9.17, 15) is 22.0 Å². The predicted molar refractivity (Wildman–Crippen MR) is 47.0 cm³/mol. The first-order valence-electron chi connectivity index (χ1n) is 4.37. The van der Waals surface area contributed by atoms with Gasteiger partial charge in [-0.2, -0.15) is 13.2 Å². The van der Waals surface area contributed by atoms with Gasteiger partial charge in [0.15, 0.2) is 0 Å². The molecular weight excluding hydrogens is 231 g/mol. The summed E-state index contributed by atoms with van der Waals surface area (Å²) in [6.45, 7) is -0.343. The van der Waals surface area contributed by atoms with Crippen molar-refractivity contribution in [2.45, 2.75) is 18.5 Å². The predicted octanol–water partition coefficient (Wildman–Crippen LogP) is 2.41.